The maximum Gasteiger partial charge on any atom is 0.161 e. The number of likely N-dealkylation sites (N-methyl/N-ethyl adjacent to an activating group) is 1. The highest BCUT2D eigenvalue weighted by atomic mass is 16.5. The number of aliphatic imine (C=N–C) groups is 1. The molecule has 0 aliphatic rings. The molecule has 1 aromatic carbocycles. The van der Waals surface area contributed by atoms with Crippen LogP contribution in [0.5, 0.6) is 11.5 Å². The quantitative estimate of drug-likeness (QED) is 0.297. The van der Waals surface area contributed by atoms with Crippen LogP contribution in [0.1, 0.15) is 51.0 Å². The molecule has 25 heavy (non-hydrogen) atoms. The third kappa shape index (κ3) is 8.92. The van der Waals surface area contributed by atoms with E-state index in [0.717, 1.165) is 34.6 Å². The van der Waals surface area contributed by atoms with Crippen molar-refractivity contribution in [3.63, 3.8) is 0 Å². The average molecular weight is 350 g/mol. The van der Waals surface area contributed by atoms with Gasteiger partial charge in [0, 0.05) is 6.21 Å². The first-order chi connectivity index (χ1) is 12.0. The maximum absolute atomic E-state index is 5.33. The molecule has 0 aromatic heterocycles. The summed E-state index contributed by atoms with van der Waals surface area (Å²) in [5.74, 6) is 1.49. The van der Waals surface area contributed by atoms with E-state index in [9.17, 15) is 0 Å². The number of rotatable bonds is 13. The number of unbranched alkanes of at least 4 members (excludes halogenated alkanes) is 5. The molecule has 0 radical (unpaired) electrons. The Morgan fingerprint density at radius 1 is 0.920 bits per heavy atom. The van der Waals surface area contributed by atoms with Crippen LogP contribution >= 0.6 is 0 Å². The number of methoxy groups -OCH3 is 2. The first-order valence-corrected chi connectivity index (χ1v) is 9.56. The lowest BCUT2D eigenvalue weighted by atomic mass is 10.1. The lowest BCUT2D eigenvalue weighted by Gasteiger charge is -2.29. The first-order valence-electron chi connectivity index (χ1n) is 9.56. The fraction of sp³-hybridized carbons (Fsp3) is 0.667. The van der Waals surface area contributed by atoms with Crippen molar-refractivity contribution < 1.29 is 14.0 Å². The van der Waals surface area contributed by atoms with Crippen molar-refractivity contribution >= 4 is 6.21 Å². The van der Waals surface area contributed by atoms with Crippen LogP contribution < -0.4 is 9.47 Å². The van der Waals surface area contributed by atoms with Crippen LogP contribution in [0.3, 0.4) is 0 Å². The van der Waals surface area contributed by atoms with Crippen LogP contribution in [0.4, 0.5) is 0 Å². The highest BCUT2D eigenvalue weighted by molar-refractivity contribution is 5.80. The lowest BCUT2D eigenvalue weighted by Crippen LogP contribution is -2.42. The Hall–Kier alpha value is -1.55. The summed E-state index contributed by atoms with van der Waals surface area (Å²) in [5.41, 5.74) is 1.04. The van der Waals surface area contributed by atoms with Crippen molar-refractivity contribution in [1.82, 2.24) is 0 Å². The smallest absolute Gasteiger partial charge is 0.161 e. The molecular weight excluding hydrogens is 312 g/mol. The molecular formula is C21H37N2O2+. The zero-order valence-corrected chi connectivity index (χ0v) is 16.9. The molecule has 0 saturated carbocycles. The maximum atomic E-state index is 5.33. The van der Waals surface area contributed by atoms with Crippen LogP contribution in [-0.2, 0) is 0 Å². The zero-order chi connectivity index (χ0) is 18.5. The van der Waals surface area contributed by atoms with E-state index in [2.05, 4.69) is 26.0 Å². The summed E-state index contributed by atoms with van der Waals surface area (Å²) in [6.45, 7) is 5.41. The van der Waals surface area contributed by atoms with Crippen molar-refractivity contribution in [2.24, 2.45) is 4.99 Å². The Labute approximate surface area is 154 Å². The molecule has 0 aliphatic heterocycles. The van der Waals surface area contributed by atoms with E-state index in [4.69, 9.17) is 9.47 Å². The third-order valence-electron chi connectivity index (χ3n) is 4.60. The summed E-state index contributed by atoms with van der Waals surface area (Å²) in [5, 5.41) is 0. The van der Waals surface area contributed by atoms with Gasteiger partial charge in [0.15, 0.2) is 11.5 Å². The topological polar surface area (TPSA) is 30.8 Å². The molecule has 4 heteroatoms. The fourth-order valence-electron chi connectivity index (χ4n) is 2.86. The predicted octanol–water partition coefficient (Wildman–Crippen LogP) is 4.56. The molecule has 1 aromatic rings. The van der Waals surface area contributed by atoms with Gasteiger partial charge < -0.3 is 14.0 Å². The molecule has 1 rings (SSSR count). The Morgan fingerprint density at radius 3 is 2.28 bits per heavy atom. The minimum absolute atomic E-state index is 0.741. The number of benzene rings is 1. The molecule has 0 heterocycles. The van der Waals surface area contributed by atoms with Gasteiger partial charge in [-0.15, -0.1) is 0 Å². The van der Waals surface area contributed by atoms with E-state index in [1.165, 1.54) is 45.1 Å². The first kappa shape index (κ1) is 21.5. The highest BCUT2D eigenvalue weighted by Gasteiger charge is 2.13. The Morgan fingerprint density at radius 2 is 1.60 bits per heavy atom. The lowest BCUT2D eigenvalue weighted by molar-refractivity contribution is -0.889. The summed E-state index contributed by atoms with van der Waals surface area (Å²) < 4.78 is 11.6. The molecule has 0 N–H and O–H groups in total. The minimum Gasteiger partial charge on any atom is -0.493 e. The van der Waals surface area contributed by atoms with Crippen molar-refractivity contribution in [3.8, 4) is 11.5 Å². The van der Waals surface area contributed by atoms with Gasteiger partial charge in [-0.3, -0.25) is 4.99 Å². The Bertz CT molecular complexity index is 513. The Kier molecular flexibility index (Phi) is 10.2. The second-order valence-electron chi connectivity index (χ2n) is 7.30. The number of hydrogen-bond acceptors (Lipinski definition) is 3. The molecule has 0 atom stereocenters. The average Bonchev–Trinajstić information content (AvgIpc) is 2.61. The van der Waals surface area contributed by atoms with E-state index in [1.807, 2.05) is 24.4 Å². The zero-order valence-electron chi connectivity index (χ0n) is 16.9. The van der Waals surface area contributed by atoms with Crippen molar-refractivity contribution in [1.29, 1.82) is 0 Å². The summed E-state index contributed by atoms with van der Waals surface area (Å²) in [7, 11) is 7.91. The molecule has 142 valence electrons. The van der Waals surface area contributed by atoms with Crippen molar-refractivity contribution in [2.75, 3.05) is 47.9 Å². The van der Waals surface area contributed by atoms with Crippen LogP contribution in [0, 0.1) is 0 Å². The van der Waals surface area contributed by atoms with E-state index in [0.29, 0.717) is 0 Å². The van der Waals surface area contributed by atoms with Gasteiger partial charge in [0.2, 0.25) is 0 Å². The van der Waals surface area contributed by atoms with Gasteiger partial charge in [-0.2, -0.15) is 0 Å². The summed E-state index contributed by atoms with van der Waals surface area (Å²) in [6.07, 6.45) is 10.1. The second kappa shape index (κ2) is 11.9. The summed E-state index contributed by atoms with van der Waals surface area (Å²) in [4.78, 5) is 4.59. The summed E-state index contributed by atoms with van der Waals surface area (Å²) >= 11 is 0. The van der Waals surface area contributed by atoms with Gasteiger partial charge >= 0.3 is 0 Å². The largest absolute Gasteiger partial charge is 0.493 e. The van der Waals surface area contributed by atoms with E-state index < -0.39 is 0 Å². The summed E-state index contributed by atoms with van der Waals surface area (Å²) in [6, 6.07) is 5.87. The molecule has 0 bridgehead atoms. The normalized spacial score (nSPS) is 11.9. The number of hydrogen-bond donors (Lipinski definition) is 0. The monoisotopic (exact) mass is 349 g/mol. The van der Waals surface area contributed by atoms with Gasteiger partial charge in [-0.05, 0) is 36.6 Å². The number of quaternary nitrogens is 1. The van der Waals surface area contributed by atoms with E-state index >= 15 is 0 Å². The van der Waals surface area contributed by atoms with Gasteiger partial charge in [-0.25, -0.2) is 0 Å². The van der Waals surface area contributed by atoms with E-state index in [-0.39, 0.29) is 0 Å². The molecule has 0 fully saturated rings. The molecule has 0 unspecified atom stereocenters. The Balaban J connectivity index is 2.33. The van der Waals surface area contributed by atoms with Crippen molar-refractivity contribution in [2.45, 2.75) is 45.4 Å². The minimum atomic E-state index is 0.741. The van der Waals surface area contributed by atoms with Gasteiger partial charge in [0.25, 0.3) is 0 Å². The van der Waals surface area contributed by atoms with Crippen LogP contribution in [0.25, 0.3) is 0 Å². The van der Waals surface area contributed by atoms with E-state index in [1.54, 1.807) is 14.2 Å². The second-order valence-corrected chi connectivity index (χ2v) is 7.30. The highest BCUT2D eigenvalue weighted by Crippen LogP contribution is 2.26. The van der Waals surface area contributed by atoms with Gasteiger partial charge in [0.05, 0.1) is 47.9 Å². The van der Waals surface area contributed by atoms with Crippen LogP contribution in [-0.4, -0.2) is 58.6 Å². The van der Waals surface area contributed by atoms with Crippen molar-refractivity contribution in [3.05, 3.63) is 23.8 Å². The number of ether oxygens (including phenoxy) is 2. The molecule has 0 amide bonds. The predicted molar refractivity (Wildman–Crippen MR) is 107 cm³/mol. The van der Waals surface area contributed by atoms with Crippen LogP contribution in [0.15, 0.2) is 23.2 Å². The van der Waals surface area contributed by atoms with Gasteiger partial charge in [0.1, 0.15) is 0 Å². The SMILES string of the molecule is CCCCCCCC[N+](C)(C)CCN=Cc1ccc(OC)c(OC)c1. The molecule has 4 nitrogen and oxygen atoms in total. The van der Waals surface area contributed by atoms with Gasteiger partial charge in [-0.1, -0.05) is 32.6 Å². The number of nitrogens with zero attached hydrogens (tertiary/aromatic N) is 2. The molecule has 0 saturated heterocycles. The molecule has 0 aliphatic carbocycles. The fourth-order valence-corrected chi connectivity index (χ4v) is 2.86. The third-order valence-corrected chi connectivity index (χ3v) is 4.60. The standard InChI is InChI=1S/C21H37N2O2/c1-6-7-8-9-10-11-15-23(2,3)16-14-22-18-19-12-13-20(24-4)21(17-19)25-5/h12-13,17-18H,6-11,14-16H2,1-5H3/q+1. The van der Waals surface area contributed by atoms with Crippen LogP contribution in [0.2, 0.25) is 0 Å². The molecule has 0 spiro atoms.